The summed E-state index contributed by atoms with van der Waals surface area (Å²) in [5.74, 6) is -1.52. The number of amides is 1. The summed E-state index contributed by atoms with van der Waals surface area (Å²) in [4.78, 5) is 17.6. The quantitative estimate of drug-likeness (QED) is 0.167. The van der Waals surface area contributed by atoms with Crippen LogP contribution in [0.5, 0.6) is 0 Å². The molecule has 0 fully saturated rings. The van der Waals surface area contributed by atoms with Gasteiger partial charge in [-0.25, -0.2) is 0 Å². The minimum absolute atomic E-state index is 0. The Bertz CT molecular complexity index is 359. The number of nitrogens with one attached hydrogen (secondary N) is 1. The van der Waals surface area contributed by atoms with Crippen molar-refractivity contribution >= 4 is 16.1 Å². The number of hydrogen-bond acceptors (Lipinski definition) is 4. The molecule has 0 heterocycles. The number of hydrogen-bond donors (Lipinski definition) is 1. The van der Waals surface area contributed by atoms with E-state index in [1.165, 1.54) is 13.2 Å². The van der Waals surface area contributed by atoms with Crippen LogP contribution in [0.4, 0.5) is 0 Å². The summed E-state index contributed by atoms with van der Waals surface area (Å²) < 4.78 is 11.2. The molecule has 1 amide bonds. The third-order valence-corrected chi connectivity index (χ3v) is 4.30. The van der Waals surface area contributed by atoms with Crippen molar-refractivity contribution in [1.82, 2.24) is 5.43 Å². The van der Waals surface area contributed by atoms with Gasteiger partial charge in [0.15, 0.2) is 0 Å². The van der Waals surface area contributed by atoms with Crippen LogP contribution in [-0.4, -0.2) is 54.7 Å². The second-order valence-electron chi connectivity index (χ2n) is 5.92. The number of hydroxylamine groups is 2. The van der Waals surface area contributed by atoms with E-state index < -0.39 is 11.3 Å². The Hall–Kier alpha value is -0.443. The van der Waals surface area contributed by atoms with Crippen LogP contribution < -0.4 is 17.8 Å². The van der Waals surface area contributed by atoms with Crippen molar-refractivity contribution < 1.29 is 36.3 Å². The number of rotatable bonds is 9. The highest BCUT2D eigenvalue weighted by Gasteiger charge is 2.64. The molecule has 0 saturated carbocycles. The molecule has 0 spiro atoms. The van der Waals surface area contributed by atoms with Crippen molar-refractivity contribution in [3.8, 4) is 0 Å². The monoisotopic (exact) mass is 354 g/mol. The van der Waals surface area contributed by atoms with Crippen molar-refractivity contribution in [3.05, 3.63) is 12.7 Å². The Labute approximate surface area is 143 Å². The molecule has 6 nitrogen and oxygen atoms in total. The number of nitrogens with zero attached hydrogens (tertiary/aromatic N) is 1. The van der Waals surface area contributed by atoms with Gasteiger partial charge in [0.1, 0.15) is 6.54 Å². The van der Waals surface area contributed by atoms with Crippen LogP contribution in [0, 0.1) is 5.41 Å². The predicted octanol–water partition coefficient (Wildman–Crippen LogP) is -2.25. The second kappa shape index (κ2) is 9.64. The lowest BCUT2D eigenvalue weighted by molar-refractivity contribution is -1.20. The van der Waals surface area contributed by atoms with Crippen LogP contribution in [-0.2, 0) is 19.1 Å². The van der Waals surface area contributed by atoms with E-state index in [4.69, 9.17) is 14.3 Å². The molecule has 0 rings (SSSR count). The van der Waals surface area contributed by atoms with Crippen LogP contribution in [0.2, 0.25) is 6.04 Å². The van der Waals surface area contributed by atoms with Crippen molar-refractivity contribution in [2.45, 2.75) is 39.1 Å². The SMILES string of the molecule is C=CC(=O)N[N+](CCC[SiH3])(OC)C(OC)(OC)C(C)(C)C.[Cl-]. The Balaban J connectivity index is 0. The van der Waals surface area contributed by atoms with E-state index in [0.717, 1.165) is 22.7 Å². The fourth-order valence-corrected chi connectivity index (χ4v) is 2.99. The summed E-state index contributed by atoms with van der Waals surface area (Å²) in [5, 5.41) is 0. The van der Waals surface area contributed by atoms with Gasteiger partial charge in [0, 0.05) is 30.5 Å². The standard InChI is InChI=1S/C14H30N2O4Si.ClH/c1-8-12(17)15-16(20-7,10-9-11-21)14(18-5,19-6)13(2,3)4;/h8H,1,9-11H2,2-7,21H3;1H. The molecule has 132 valence electrons. The molecule has 22 heavy (non-hydrogen) atoms. The van der Waals surface area contributed by atoms with Crippen molar-refractivity contribution in [1.29, 1.82) is 0 Å². The lowest BCUT2D eigenvalue weighted by atomic mass is 9.90. The minimum Gasteiger partial charge on any atom is -1.00 e. The fraction of sp³-hybridized carbons (Fsp3) is 0.786. The summed E-state index contributed by atoms with van der Waals surface area (Å²) in [5.41, 5.74) is 2.39. The summed E-state index contributed by atoms with van der Waals surface area (Å²) in [6.45, 7) is 9.98. The molecule has 0 aromatic carbocycles. The molecule has 0 aliphatic carbocycles. The number of halogens is 1. The van der Waals surface area contributed by atoms with Crippen LogP contribution in [0.15, 0.2) is 12.7 Å². The van der Waals surface area contributed by atoms with Gasteiger partial charge >= 0.3 is 5.91 Å². The van der Waals surface area contributed by atoms with Crippen LogP contribution >= 0.6 is 0 Å². The molecule has 0 saturated heterocycles. The Morgan fingerprint density at radius 3 is 2.05 bits per heavy atom. The summed E-state index contributed by atoms with van der Waals surface area (Å²) in [7, 11) is 5.73. The Morgan fingerprint density at radius 1 is 1.27 bits per heavy atom. The first-order chi connectivity index (χ1) is 9.70. The largest absolute Gasteiger partial charge is 1.00 e. The highest BCUT2D eigenvalue weighted by atomic mass is 35.5. The number of quaternary nitrogens is 1. The van der Waals surface area contributed by atoms with Gasteiger partial charge in [-0.15, -0.1) is 0 Å². The maximum atomic E-state index is 11.9. The number of carbonyl (C=O) groups excluding carboxylic acids is 1. The highest BCUT2D eigenvalue weighted by molar-refractivity contribution is 6.08. The summed E-state index contributed by atoms with van der Waals surface area (Å²) in [6.07, 6.45) is 2.10. The predicted molar refractivity (Wildman–Crippen MR) is 86.0 cm³/mol. The first kappa shape index (κ1) is 23.8. The van der Waals surface area contributed by atoms with Gasteiger partial charge in [0.2, 0.25) is 0 Å². The molecule has 1 unspecified atom stereocenters. The van der Waals surface area contributed by atoms with E-state index in [2.05, 4.69) is 12.0 Å². The third-order valence-electron chi connectivity index (χ3n) is 3.59. The van der Waals surface area contributed by atoms with Gasteiger partial charge < -0.3 is 21.9 Å². The molecule has 8 heteroatoms. The lowest BCUT2D eigenvalue weighted by Crippen LogP contribution is -3.00. The Kier molecular flexibility index (Phi) is 10.4. The average Bonchev–Trinajstić information content (AvgIpc) is 2.44. The molecule has 0 aliphatic rings. The fourth-order valence-electron chi connectivity index (χ4n) is 2.67. The number of methoxy groups -OCH3 is 2. The minimum atomic E-state index is -1.18. The molecular weight excluding hydrogens is 324 g/mol. The van der Waals surface area contributed by atoms with E-state index in [-0.39, 0.29) is 23.1 Å². The molecule has 0 aromatic heterocycles. The molecule has 0 radical (unpaired) electrons. The van der Waals surface area contributed by atoms with Crippen LogP contribution in [0.3, 0.4) is 0 Å². The lowest BCUT2D eigenvalue weighted by Gasteiger charge is -2.50. The van der Waals surface area contributed by atoms with Crippen molar-refractivity contribution in [3.63, 3.8) is 0 Å². The van der Waals surface area contributed by atoms with Gasteiger partial charge in [-0.05, 0) is 31.9 Å². The molecule has 0 bridgehead atoms. The molecule has 0 aromatic rings. The van der Waals surface area contributed by atoms with Crippen molar-refractivity contribution in [2.75, 3.05) is 27.9 Å². The van der Waals surface area contributed by atoms with Gasteiger partial charge in [-0.1, -0.05) is 12.6 Å². The van der Waals surface area contributed by atoms with Gasteiger partial charge in [0.05, 0.1) is 12.5 Å². The smallest absolute Gasteiger partial charge is 0.377 e. The van der Waals surface area contributed by atoms with Gasteiger partial charge in [-0.2, -0.15) is 10.3 Å². The maximum Gasteiger partial charge on any atom is 0.377 e. The first-order valence-corrected chi connectivity index (χ1v) is 8.60. The maximum absolute atomic E-state index is 11.9. The van der Waals surface area contributed by atoms with E-state index >= 15 is 0 Å². The number of ether oxygens (including phenoxy) is 2. The Morgan fingerprint density at radius 2 is 1.77 bits per heavy atom. The highest BCUT2D eigenvalue weighted by Crippen LogP contribution is 2.41. The second-order valence-corrected chi connectivity index (χ2v) is 6.92. The van der Waals surface area contributed by atoms with E-state index in [1.54, 1.807) is 14.2 Å². The third kappa shape index (κ3) is 4.53. The topological polar surface area (TPSA) is 56.8 Å². The molecule has 0 aliphatic heterocycles. The average molecular weight is 355 g/mol. The van der Waals surface area contributed by atoms with Gasteiger partial charge in [0.25, 0.3) is 5.91 Å². The van der Waals surface area contributed by atoms with Crippen molar-refractivity contribution in [2.24, 2.45) is 5.41 Å². The van der Waals surface area contributed by atoms with E-state index in [9.17, 15) is 4.79 Å². The molecule has 1 atom stereocenters. The zero-order valence-corrected chi connectivity index (χ0v) is 17.6. The van der Waals surface area contributed by atoms with Gasteiger partial charge in [-0.3, -0.25) is 4.79 Å². The number of carbonyl (C=O) groups is 1. The first-order valence-electron chi connectivity index (χ1n) is 7.19. The van der Waals surface area contributed by atoms with E-state index in [1.807, 2.05) is 20.8 Å². The van der Waals surface area contributed by atoms with E-state index in [0.29, 0.717) is 6.54 Å². The summed E-state index contributed by atoms with van der Waals surface area (Å²) >= 11 is 0. The molecule has 1 N–H and O–H groups in total. The van der Waals surface area contributed by atoms with Crippen LogP contribution in [0.25, 0.3) is 0 Å². The molecular formula is C14H31ClN2O4Si. The van der Waals surface area contributed by atoms with Crippen LogP contribution in [0.1, 0.15) is 27.2 Å². The zero-order valence-electron chi connectivity index (χ0n) is 14.9. The normalized spacial score (nSPS) is 14.8. The summed E-state index contributed by atoms with van der Waals surface area (Å²) in [6, 6.07) is 1.08. The zero-order chi connectivity index (χ0) is 16.7.